The minimum absolute atomic E-state index is 0.0233. The van der Waals surface area contributed by atoms with Crippen molar-refractivity contribution >= 4 is 33.2 Å². The first-order valence-electron chi connectivity index (χ1n) is 12.1. The summed E-state index contributed by atoms with van der Waals surface area (Å²) in [6, 6.07) is 8.94. The highest BCUT2D eigenvalue weighted by atomic mass is 35.5. The molecule has 14 heteroatoms. The highest BCUT2D eigenvalue weighted by Gasteiger charge is 2.48. The maximum Gasteiger partial charge on any atom is 0.169 e. The molecule has 4 heterocycles. The molecular weight excluding hydrogens is 549 g/mol. The fraction of sp³-hybridized carbons (Fsp3) is 0.320. The van der Waals surface area contributed by atoms with Crippen molar-refractivity contribution in [3.05, 3.63) is 70.6 Å². The molecular formula is C25H23ClFN7O4S. The van der Waals surface area contributed by atoms with E-state index in [4.69, 9.17) is 16.3 Å². The topological polar surface area (TPSA) is 144 Å². The van der Waals surface area contributed by atoms with E-state index in [-0.39, 0.29) is 18.1 Å². The smallest absolute Gasteiger partial charge is 0.169 e. The van der Waals surface area contributed by atoms with Gasteiger partial charge < -0.3 is 20.1 Å². The number of halogens is 2. The van der Waals surface area contributed by atoms with E-state index < -0.39 is 36.3 Å². The molecule has 0 saturated carbocycles. The summed E-state index contributed by atoms with van der Waals surface area (Å²) in [4.78, 5) is 4.49. The average Bonchev–Trinajstić information content (AvgIpc) is 3.66. The molecule has 0 aliphatic carbocycles. The summed E-state index contributed by atoms with van der Waals surface area (Å²) in [7, 11) is 0. The van der Waals surface area contributed by atoms with E-state index >= 15 is 0 Å². The van der Waals surface area contributed by atoms with Crippen LogP contribution >= 0.6 is 22.9 Å². The summed E-state index contributed by atoms with van der Waals surface area (Å²) < 4.78 is 24.1. The molecule has 3 N–H and O–H groups in total. The number of benzene rings is 2. The van der Waals surface area contributed by atoms with Gasteiger partial charge in [0, 0.05) is 17.9 Å². The Morgan fingerprint density at radius 1 is 1.13 bits per heavy atom. The molecule has 3 aromatic heterocycles. The normalized spacial score (nSPS) is 23.5. The molecule has 1 saturated heterocycles. The highest BCUT2D eigenvalue weighted by Crippen LogP contribution is 2.39. The largest absolute Gasteiger partial charge is 0.396 e. The molecule has 1 aliphatic rings. The average molecular weight is 572 g/mol. The Hall–Kier alpha value is -3.33. The number of ether oxygens (including phenoxy) is 1. The Balaban J connectivity index is 1.37. The molecule has 0 bridgehead atoms. The molecule has 0 spiro atoms. The number of aryl methyl sites for hydroxylation is 1. The van der Waals surface area contributed by atoms with Crippen LogP contribution in [0.4, 0.5) is 4.39 Å². The van der Waals surface area contributed by atoms with Crippen LogP contribution < -0.4 is 0 Å². The van der Waals surface area contributed by atoms with Crippen molar-refractivity contribution in [2.45, 2.75) is 43.8 Å². The fourth-order valence-electron chi connectivity index (χ4n) is 4.87. The number of hydrogen-bond donors (Lipinski definition) is 3. The van der Waals surface area contributed by atoms with E-state index in [0.29, 0.717) is 17.1 Å². The zero-order valence-corrected chi connectivity index (χ0v) is 22.0. The number of fused-ring (bicyclic) bond motifs is 1. The molecule has 2 aromatic carbocycles. The van der Waals surface area contributed by atoms with Crippen molar-refractivity contribution < 1.29 is 24.4 Å². The van der Waals surface area contributed by atoms with Crippen LogP contribution in [0, 0.1) is 12.7 Å². The van der Waals surface area contributed by atoms with Gasteiger partial charge in [-0.1, -0.05) is 22.9 Å². The van der Waals surface area contributed by atoms with Gasteiger partial charge in [-0.3, -0.25) is 4.57 Å². The van der Waals surface area contributed by atoms with Gasteiger partial charge in [-0.05, 0) is 43.7 Å². The van der Waals surface area contributed by atoms with Crippen molar-refractivity contribution in [2.75, 3.05) is 6.61 Å². The number of thiazole rings is 1. The van der Waals surface area contributed by atoms with Gasteiger partial charge in [0.1, 0.15) is 42.2 Å². The van der Waals surface area contributed by atoms with Crippen LogP contribution in [0.1, 0.15) is 29.4 Å². The Bertz CT molecular complexity index is 1640. The van der Waals surface area contributed by atoms with Crippen LogP contribution in [0.15, 0.2) is 48.9 Å². The number of rotatable bonds is 6. The Labute approximate surface area is 230 Å². The van der Waals surface area contributed by atoms with Gasteiger partial charge in [-0.25, -0.2) is 14.1 Å². The summed E-state index contributed by atoms with van der Waals surface area (Å²) in [6.07, 6.45) is -1.34. The van der Waals surface area contributed by atoms with Crippen molar-refractivity contribution in [3.63, 3.8) is 0 Å². The SMILES string of the molecule is Cc1nc2ccc(-n3cnnc3[C@@H]3O[C@H](CCO)[C@H](O)[C@H](n4cc(-c5ccc(Cl)c(F)c5)nn4)[C@H]3O)cc2s1. The van der Waals surface area contributed by atoms with Gasteiger partial charge in [0.25, 0.3) is 0 Å². The Morgan fingerprint density at radius 2 is 1.97 bits per heavy atom. The summed E-state index contributed by atoms with van der Waals surface area (Å²) >= 11 is 7.35. The highest BCUT2D eigenvalue weighted by molar-refractivity contribution is 7.18. The maximum atomic E-state index is 14.0. The lowest BCUT2D eigenvalue weighted by Gasteiger charge is -2.42. The lowest BCUT2D eigenvalue weighted by atomic mass is 9.90. The standard InChI is InChI=1S/C25H23ClFN7O4S/c1-12-29-17-5-3-14(9-20(17)39-12)33-11-28-31-25(33)24-23(37)21(22(36)19(38-24)6-7-35)34-10-18(30-32-34)13-2-4-15(26)16(27)8-13/h2-5,8-11,19,21-24,35-37H,6-7H2,1H3/t19-,21+,22+,23-,24-/m1/s1. The van der Waals surface area contributed by atoms with Gasteiger partial charge in [-0.15, -0.1) is 26.6 Å². The van der Waals surface area contributed by atoms with Gasteiger partial charge in [0.05, 0.1) is 32.5 Å². The number of aromatic nitrogens is 7. The first-order chi connectivity index (χ1) is 18.8. The minimum atomic E-state index is -1.33. The van der Waals surface area contributed by atoms with Gasteiger partial charge in [0.2, 0.25) is 0 Å². The first kappa shape index (κ1) is 25.9. The van der Waals surface area contributed by atoms with Crippen LogP contribution in [0.25, 0.3) is 27.2 Å². The Morgan fingerprint density at radius 3 is 2.77 bits per heavy atom. The zero-order valence-electron chi connectivity index (χ0n) is 20.5. The third-order valence-electron chi connectivity index (χ3n) is 6.74. The van der Waals surface area contributed by atoms with Crippen molar-refractivity contribution in [1.82, 2.24) is 34.7 Å². The zero-order chi connectivity index (χ0) is 27.3. The molecule has 202 valence electrons. The molecule has 1 fully saturated rings. The van der Waals surface area contributed by atoms with Crippen molar-refractivity contribution in [1.29, 1.82) is 0 Å². The fourth-order valence-corrected chi connectivity index (χ4v) is 5.85. The Kier molecular flexibility index (Phi) is 6.87. The molecule has 11 nitrogen and oxygen atoms in total. The molecule has 5 aromatic rings. The minimum Gasteiger partial charge on any atom is -0.396 e. The molecule has 5 atom stereocenters. The summed E-state index contributed by atoms with van der Waals surface area (Å²) in [6.45, 7) is 1.69. The second kappa shape index (κ2) is 10.3. The first-order valence-corrected chi connectivity index (χ1v) is 13.3. The maximum absolute atomic E-state index is 14.0. The summed E-state index contributed by atoms with van der Waals surface area (Å²) in [5.41, 5.74) is 2.37. The quantitative estimate of drug-likeness (QED) is 0.280. The van der Waals surface area contributed by atoms with E-state index in [1.165, 1.54) is 29.3 Å². The predicted octanol–water partition coefficient (Wildman–Crippen LogP) is 3.02. The second-order valence-corrected chi connectivity index (χ2v) is 10.9. The van der Waals surface area contributed by atoms with E-state index in [2.05, 4.69) is 25.5 Å². The number of aliphatic hydroxyl groups excluding tert-OH is 3. The van der Waals surface area contributed by atoms with E-state index in [1.54, 1.807) is 22.0 Å². The number of nitrogens with zero attached hydrogens (tertiary/aromatic N) is 7. The van der Waals surface area contributed by atoms with E-state index in [9.17, 15) is 19.7 Å². The molecule has 1 aliphatic heterocycles. The predicted molar refractivity (Wildman–Crippen MR) is 140 cm³/mol. The lowest BCUT2D eigenvalue weighted by molar-refractivity contribution is -0.205. The summed E-state index contributed by atoms with van der Waals surface area (Å²) in [5.74, 6) is -0.299. The number of aliphatic hydroxyl groups is 3. The number of hydrogen-bond acceptors (Lipinski definition) is 10. The van der Waals surface area contributed by atoms with E-state index in [0.717, 1.165) is 20.9 Å². The molecule has 39 heavy (non-hydrogen) atoms. The monoisotopic (exact) mass is 571 g/mol. The molecule has 0 unspecified atom stereocenters. The molecule has 0 amide bonds. The van der Waals surface area contributed by atoms with Crippen LogP contribution in [0.3, 0.4) is 0 Å². The van der Waals surface area contributed by atoms with Crippen molar-refractivity contribution in [2.24, 2.45) is 0 Å². The molecule has 6 rings (SSSR count). The lowest BCUT2D eigenvalue weighted by Crippen LogP contribution is -2.52. The summed E-state index contributed by atoms with van der Waals surface area (Å²) in [5, 5.41) is 49.8. The van der Waals surface area contributed by atoms with Crippen LogP contribution in [0.5, 0.6) is 0 Å². The third-order valence-corrected chi connectivity index (χ3v) is 7.98. The van der Waals surface area contributed by atoms with Crippen LogP contribution in [0.2, 0.25) is 5.02 Å². The van der Waals surface area contributed by atoms with Gasteiger partial charge in [-0.2, -0.15) is 0 Å². The third kappa shape index (κ3) is 4.71. The van der Waals surface area contributed by atoms with Gasteiger partial charge in [0.15, 0.2) is 5.82 Å². The van der Waals surface area contributed by atoms with Gasteiger partial charge >= 0.3 is 0 Å². The van der Waals surface area contributed by atoms with Crippen molar-refractivity contribution in [3.8, 4) is 16.9 Å². The van der Waals surface area contributed by atoms with Crippen LogP contribution in [-0.4, -0.2) is 75.0 Å². The van der Waals surface area contributed by atoms with Crippen LogP contribution in [-0.2, 0) is 4.74 Å². The molecule has 0 radical (unpaired) electrons. The van der Waals surface area contributed by atoms with E-state index in [1.807, 2.05) is 25.1 Å². The second-order valence-electron chi connectivity index (χ2n) is 9.24.